The summed E-state index contributed by atoms with van der Waals surface area (Å²) < 4.78 is 38.0. The van der Waals surface area contributed by atoms with Crippen molar-refractivity contribution >= 4 is 27.3 Å². The van der Waals surface area contributed by atoms with Gasteiger partial charge in [0, 0.05) is 11.4 Å². The molecule has 3 rings (SSSR count). The average Bonchev–Trinajstić information content (AvgIpc) is 2.75. The fraction of sp³-hybridized carbons (Fsp3) is 0.136. The van der Waals surface area contributed by atoms with Crippen molar-refractivity contribution in [2.24, 2.45) is 0 Å². The fourth-order valence-electron chi connectivity index (χ4n) is 2.75. The molecule has 0 unspecified atom stereocenters. The highest BCUT2D eigenvalue weighted by Gasteiger charge is 2.15. The molecule has 3 aromatic carbocycles. The van der Waals surface area contributed by atoms with Crippen molar-refractivity contribution in [3.05, 3.63) is 78.4 Å². The van der Waals surface area contributed by atoms with Gasteiger partial charge < -0.3 is 14.8 Å². The first kappa shape index (κ1) is 21.2. The molecule has 30 heavy (non-hydrogen) atoms. The minimum Gasteiger partial charge on any atom is -0.497 e. The Hall–Kier alpha value is -3.52. The van der Waals surface area contributed by atoms with E-state index in [0.717, 1.165) is 5.56 Å². The van der Waals surface area contributed by atoms with E-state index in [9.17, 15) is 13.2 Å². The lowest BCUT2D eigenvalue weighted by atomic mass is 10.1. The molecule has 0 aromatic heterocycles. The molecule has 7 nitrogen and oxygen atoms in total. The number of nitrogens with one attached hydrogen (secondary N) is 2. The first-order valence-corrected chi connectivity index (χ1v) is 10.6. The lowest BCUT2D eigenvalue weighted by Crippen LogP contribution is -2.16. The van der Waals surface area contributed by atoms with E-state index in [1.807, 2.05) is 0 Å². The summed E-state index contributed by atoms with van der Waals surface area (Å²) in [4.78, 5) is 12.4. The van der Waals surface area contributed by atoms with Gasteiger partial charge in [0.2, 0.25) is 5.91 Å². The van der Waals surface area contributed by atoms with Crippen molar-refractivity contribution in [1.82, 2.24) is 0 Å². The summed E-state index contributed by atoms with van der Waals surface area (Å²) in [5.74, 6) is 1.08. The molecule has 0 spiro atoms. The van der Waals surface area contributed by atoms with Crippen LogP contribution in [0.5, 0.6) is 11.5 Å². The zero-order chi connectivity index (χ0) is 21.6. The van der Waals surface area contributed by atoms with Crippen LogP contribution in [0.15, 0.2) is 77.7 Å². The fourth-order valence-corrected chi connectivity index (χ4v) is 3.85. The highest BCUT2D eigenvalue weighted by atomic mass is 32.2. The van der Waals surface area contributed by atoms with E-state index in [-0.39, 0.29) is 17.2 Å². The SMILES string of the molecule is COc1ccc(CC(=O)Nc2cccc(S(=O)(=O)Nc3ccc(OC)cc3)c2)cc1. The van der Waals surface area contributed by atoms with Gasteiger partial charge in [-0.25, -0.2) is 8.42 Å². The predicted octanol–water partition coefficient (Wildman–Crippen LogP) is 3.69. The van der Waals surface area contributed by atoms with E-state index in [2.05, 4.69) is 10.0 Å². The average molecular weight is 426 g/mol. The van der Waals surface area contributed by atoms with E-state index in [0.29, 0.717) is 22.9 Å². The van der Waals surface area contributed by atoms with Gasteiger partial charge in [-0.3, -0.25) is 9.52 Å². The van der Waals surface area contributed by atoms with Crippen LogP contribution in [-0.4, -0.2) is 28.5 Å². The normalized spacial score (nSPS) is 10.9. The maximum atomic E-state index is 12.7. The molecule has 1 amide bonds. The summed E-state index contributed by atoms with van der Waals surface area (Å²) in [5.41, 5.74) is 1.62. The van der Waals surface area contributed by atoms with Crippen LogP contribution in [0.25, 0.3) is 0 Å². The van der Waals surface area contributed by atoms with Crippen molar-refractivity contribution in [2.45, 2.75) is 11.3 Å². The smallest absolute Gasteiger partial charge is 0.261 e. The second-order valence-electron chi connectivity index (χ2n) is 6.43. The van der Waals surface area contributed by atoms with Crippen LogP contribution in [0.4, 0.5) is 11.4 Å². The van der Waals surface area contributed by atoms with Crippen LogP contribution in [0.2, 0.25) is 0 Å². The maximum absolute atomic E-state index is 12.7. The second kappa shape index (κ2) is 9.32. The first-order valence-electron chi connectivity index (χ1n) is 9.09. The van der Waals surface area contributed by atoms with Gasteiger partial charge >= 0.3 is 0 Å². The van der Waals surface area contributed by atoms with Gasteiger partial charge in [-0.15, -0.1) is 0 Å². The van der Waals surface area contributed by atoms with Gasteiger partial charge in [0.25, 0.3) is 10.0 Å². The summed E-state index contributed by atoms with van der Waals surface area (Å²) in [6.45, 7) is 0. The quantitative estimate of drug-likeness (QED) is 0.573. The third-order valence-corrected chi connectivity index (χ3v) is 5.67. The molecular formula is C22H22N2O5S. The van der Waals surface area contributed by atoms with E-state index in [1.165, 1.54) is 19.2 Å². The van der Waals surface area contributed by atoms with Crippen molar-refractivity contribution in [3.63, 3.8) is 0 Å². The Morgan fingerprint density at radius 2 is 1.43 bits per heavy atom. The number of anilines is 2. The molecule has 0 aliphatic rings. The zero-order valence-corrected chi connectivity index (χ0v) is 17.4. The molecule has 0 fully saturated rings. The number of sulfonamides is 1. The molecule has 0 saturated heterocycles. The number of rotatable bonds is 8. The van der Waals surface area contributed by atoms with Gasteiger partial charge in [-0.2, -0.15) is 0 Å². The lowest BCUT2D eigenvalue weighted by Gasteiger charge is -2.11. The lowest BCUT2D eigenvalue weighted by molar-refractivity contribution is -0.115. The van der Waals surface area contributed by atoms with Crippen LogP contribution in [0.3, 0.4) is 0 Å². The number of methoxy groups -OCH3 is 2. The van der Waals surface area contributed by atoms with Crippen molar-refractivity contribution in [1.29, 1.82) is 0 Å². The number of hydrogen-bond acceptors (Lipinski definition) is 5. The van der Waals surface area contributed by atoms with Crippen LogP contribution >= 0.6 is 0 Å². The standard InChI is InChI=1S/C22H22N2O5S/c1-28-19-10-6-16(7-11-19)14-22(25)23-18-4-3-5-21(15-18)30(26,27)24-17-8-12-20(29-2)13-9-17/h3-13,15,24H,14H2,1-2H3,(H,23,25). The highest BCUT2D eigenvalue weighted by molar-refractivity contribution is 7.92. The highest BCUT2D eigenvalue weighted by Crippen LogP contribution is 2.21. The molecule has 0 bridgehead atoms. The zero-order valence-electron chi connectivity index (χ0n) is 16.6. The number of hydrogen-bond donors (Lipinski definition) is 2. The minimum absolute atomic E-state index is 0.0422. The van der Waals surface area contributed by atoms with E-state index in [4.69, 9.17) is 9.47 Å². The Kier molecular flexibility index (Phi) is 6.58. The Balaban J connectivity index is 1.68. The van der Waals surface area contributed by atoms with Crippen molar-refractivity contribution < 1.29 is 22.7 Å². The van der Waals surface area contributed by atoms with Gasteiger partial charge in [0.15, 0.2) is 0 Å². The number of amides is 1. The van der Waals surface area contributed by atoms with Gasteiger partial charge in [-0.05, 0) is 60.2 Å². The number of carbonyl (C=O) groups is 1. The minimum atomic E-state index is -3.81. The van der Waals surface area contributed by atoms with Crippen molar-refractivity contribution in [2.75, 3.05) is 24.3 Å². The molecule has 0 aliphatic carbocycles. The third-order valence-electron chi connectivity index (χ3n) is 4.29. The topological polar surface area (TPSA) is 93.7 Å². The first-order chi connectivity index (χ1) is 14.4. The summed E-state index contributed by atoms with van der Waals surface area (Å²) in [7, 11) is -0.703. The van der Waals surface area contributed by atoms with Crippen LogP contribution in [0, 0.1) is 0 Å². The Bertz CT molecular complexity index is 1110. The van der Waals surface area contributed by atoms with Crippen LogP contribution < -0.4 is 19.5 Å². The summed E-state index contributed by atoms with van der Waals surface area (Å²) >= 11 is 0. The second-order valence-corrected chi connectivity index (χ2v) is 8.12. The van der Waals surface area contributed by atoms with Crippen LogP contribution in [0.1, 0.15) is 5.56 Å². The molecule has 0 radical (unpaired) electrons. The molecule has 2 N–H and O–H groups in total. The van der Waals surface area contributed by atoms with E-state index in [1.54, 1.807) is 67.8 Å². The van der Waals surface area contributed by atoms with Crippen LogP contribution in [-0.2, 0) is 21.2 Å². The van der Waals surface area contributed by atoms with Gasteiger partial charge in [0.1, 0.15) is 11.5 Å². The Labute approximate surface area is 175 Å². The largest absolute Gasteiger partial charge is 0.497 e. The van der Waals surface area contributed by atoms with E-state index < -0.39 is 10.0 Å². The number of carbonyl (C=O) groups excluding carboxylic acids is 1. The number of ether oxygens (including phenoxy) is 2. The van der Waals surface area contributed by atoms with Gasteiger partial charge in [-0.1, -0.05) is 18.2 Å². The Morgan fingerprint density at radius 1 is 0.833 bits per heavy atom. The summed E-state index contributed by atoms with van der Waals surface area (Å²) in [6.07, 6.45) is 0.158. The third kappa shape index (κ3) is 5.51. The molecule has 156 valence electrons. The molecule has 0 atom stereocenters. The molecule has 0 aliphatic heterocycles. The molecule has 0 heterocycles. The molecule has 0 saturated carbocycles. The molecule has 3 aromatic rings. The molecular weight excluding hydrogens is 404 g/mol. The number of benzene rings is 3. The monoisotopic (exact) mass is 426 g/mol. The molecule has 8 heteroatoms. The predicted molar refractivity (Wildman–Crippen MR) is 116 cm³/mol. The maximum Gasteiger partial charge on any atom is 0.261 e. The van der Waals surface area contributed by atoms with Crippen molar-refractivity contribution in [3.8, 4) is 11.5 Å². The summed E-state index contributed by atoms with van der Waals surface area (Å²) in [5, 5.41) is 2.73. The summed E-state index contributed by atoms with van der Waals surface area (Å²) in [6, 6.07) is 19.8. The van der Waals surface area contributed by atoms with Gasteiger partial charge in [0.05, 0.1) is 25.5 Å². The Morgan fingerprint density at radius 3 is 2.03 bits per heavy atom. The van der Waals surface area contributed by atoms with E-state index >= 15 is 0 Å².